The van der Waals surface area contributed by atoms with Crippen molar-refractivity contribution < 1.29 is 9.53 Å². The Kier molecular flexibility index (Phi) is 6.75. The molecule has 1 aliphatic heterocycles. The van der Waals surface area contributed by atoms with Crippen molar-refractivity contribution in [1.82, 2.24) is 5.32 Å². The lowest BCUT2D eigenvalue weighted by Crippen LogP contribution is -2.37. The molecule has 2 aromatic carbocycles. The SMILES string of the molecule is COC(=O)C1CCN(c2cc(CNC(C)c3ccccc3)ccc2Cl)CC1. The summed E-state index contributed by atoms with van der Waals surface area (Å²) in [5.41, 5.74) is 3.52. The van der Waals surface area contributed by atoms with Crippen LogP contribution >= 0.6 is 11.6 Å². The van der Waals surface area contributed by atoms with Gasteiger partial charge in [-0.2, -0.15) is 0 Å². The van der Waals surface area contributed by atoms with Gasteiger partial charge in [0.1, 0.15) is 0 Å². The Hall–Kier alpha value is -2.04. The number of carbonyl (C=O) groups is 1. The van der Waals surface area contributed by atoms with Gasteiger partial charge in [-0.15, -0.1) is 0 Å². The maximum Gasteiger partial charge on any atom is 0.308 e. The fourth-order valence-electron chi connectivity index (χ4n) is 3.56. The number of methoxy groups -OCH3 is 1. The van der Waals surface area contributed by atoms with Crippen molar-refractivity contribution in [2.45, 2.75) is 32.4 Å². The first-order valence-corrected chi connectivity index (χ1v) is 9.86. The maximum absolute atomic E-state index is 11.7. The lowest BCUT2D eigenvalue weighted by atomic mass is 9.96. The average Bonchev–Trinajstić information content (AvgIpc) is 2.73. The fourth-order valence-corrected chi connectivity index (χ4v) is 3.80. The highest BCUT2D eigenvalue weighted by Crippen LogP contribution is 2.31. The van der Waals surface area contributed by atoms with Gasteiger partial charge < -0.3 is 15.0 Å². The topological polar surface area (TPSA) is 41.6 Å². The molecule has 1 unspecified atom stereocenters. The van der Waals surface area contributed by atoms with Crippen LogP contribution in [0.15, 0.2) is 48.5 Å². The largest absolute Gasteiger partial charge is 0.469 e. The summed E-state index contributed by atoms with van der Waals surface area (Å²) in [5.74, 6) is -0.102. The lowest BCUT2D eigenvalue weighted by Gasteiger charge is -2.33. The first kappa shape index (κ1) is 19.7. The molecule has 0 saturated carbocycles. The van der Waals surface area contributed by atoms with E-state index < -0.39 is 0 Å². The second-order valence-electron chi connectivity index (χ2n) is 7.08. The van der Waals surface area contributed by atoms with E-state index in [1.807, 2.05) is 12.1 Å². The van der Waals surface area contributed by atoms with Gasteiger partial charge in [0.15, 0.2) is 0 Å². The molecule has 5 heteroatoms. The summed E-state index contributed by atoms with van der Waals surface area (Å²) in [6, 6.07) is 16.9. The Morgan fingerprint density at radius 3 is 2.59 bits per heavy atom. The number of esters is 1. The molecule has 1 N–H and O–H groups in total. The van der Waals surface area contributed by atoms with Crippen LogP contribution < -0.4 is 10.2 Å². The summed E-state index contributed by atoms with van der Waals surface area (Å²) in [6.07, 6.45) is 1.60. The maximum atomic E-state index is 11.7. The number of nitrogens with zero attached hydrogens (tertiary/aromatic N) is 1. The van der Waals surface area contributed by atoms with Gasteiger partial charge in [-0.05, 0) is 43.0 Å². The zero-order valence-corrected chi connectivity index (χ0v) is 16.7. The minimum atomic E-state index is -0.103. The molecule has 4 nitrogen and oxygen atoms in total. The molecule has 1 atom stereocenters. The summed E-state index contributed by atoms with van der Waals surface area (Å²) in [4.78, 5) is 14.0. The number of piperidine rings is 1. The summed E-state index contributed by atoms with van der Waals surface area (Å²) in [5, 5.41) is 4.33. The van der Waals surface area contributed by atoms with E-state index in [1.165, 1.54) is 18.2 Å². The third kappa shape index (κ3) is 5.02. The van der Waals surface area contributed by atoms with E-state index >= 15 is 0 Å². The molecule has 1 aliphatic rings. The van der Waals surface area contributed by atoms with E-state index in [0.717, 1.165) is 43.2 Å². The molecule has 0 bridgehead atoms. The fraction of sp³-hybridized carbons (Fsp3) is 0.409. The van der Waals surface area contributed by atoms with Crippen LogP contribution in [0.5, 0.6) is 0 Å². The quantitative estimate of drug-likeness (QED) is 0.738. The van der Waals surface area contributed by atoms with E-state index in [9.17, 15) is 4.79 Å². The minimum Gasteiger partial charge on any atom is -0.469 e. The van der Waals surface area contributed by atoms with Gasteiger partial charge in [0, 0.05) is 25.7 Å². The molecule has 1 fully saturated rings. The van der Waals surface area contributed by atoms with E-state index in [1.54, 1.807) is 0 Å². The first-order chi connectivity index (χ1) is 13.1. The smallest absolute Gasteiger partial charge is 0.308 e. The Morgan fingerprint density at radius 1 is 1.22 bits per heavy atom. The van der Waals surface area contributed by atoms with Gasteiger partial charge >= 0.3 is 5.97 Å². The summed E-state index contributed by atoms with van der Waals surface area (Å²) in [6.45, 7) is 4.58. The molecule has 0 radical (unpaired) electrons. The van der Waals surface area contributed by atoms with Crippen LogP contribution in [-0.4, -0.2) is 26.2 Å². The highest BCUT2D eigenvalue weighted by molar-refractivity contribution is 6.33. The number of hydrogen-bond acceptors (Lipinski definition) is 4. The van der Waals surface area contributed by atoms with Crippen molar-refractivity contribution in [3.05, 3.63) is 64.7 Å². The van der Waals surface area contributed by atoms with Crippen molar-refractivity contribution in [3.63, 3.8) is 0 Å². The third-order valence-corrected chi connectivity index (χ3v) is 5.61. The van der Waals surface area contributed by atoms with Crippen molar-refractivity contribution in [2.75, 3.05) is 25.1 Å². The molecule has 3 rings (SSSR count). The standard InChI is InChI=1S/C22H27ClN2O2/c1-16(18-6-4-3-5-7-18)24-15-17-8-9-20(23)21(14-17)25-12-10-19(11-13-25)22(26)27-2/h3-9,14,16,19,24H,10-13,15H2,1-2H3. The monoisotopic (exact) mass is 386 g/mol. The van der Waals surface area contributed by atoms with E-state index in [4.69, 9.17) is 16.3 Å². The number of halogens is 1. The molecular formula is C22H27ClN2O2. The number of ether oxygens (including phenoxy) is 1. The molecule has 1 saturated heterocycles. The Labute approximate surface area is 166 Å². The summed E-state index contributed by atoms with van der Waals surface area (Å²) in [7, 11) is 1.46. The predicted molar refractivity (Wildman–Crippen MR) is 110 cm³/mol. The average molecular weight is 387 g/mol. The molecule has 0 amide bonds. The highest BCUT2D eigenvalue weighted by atomic mass is 35.5. The predicted octanol–water partition coefficient (Wildman–Crippen LogP) is 4.58. The van der Waals surface area contributed by atoms with Crippen molar-refractivity contribution in [3.8, 4) is 0 Å². The van der Waals surface area contributed by atoms with Gasteiger partial charge in [0.05, 0.1) is 23.7 Å². The Bertz CT molecular complexity index is 758. The second kappa shape index (κ2) is 9.25. The Balaban J connectivity index is 1.62. The highest BCUT2D eigenvalue weighted by Gasteiger charge is 2.26. The van der Waals surface area contributed by atoms with Crippen LogP contribution in [0.4, 0.5) is 5.69 Å². The van der Waals surface area contributed by atoms with E-state index in [0.29, 0.717) is 0 Å². The lowest BCUT2D eigenvalue weighted by molar-refractivity contribution is -0.146. The number of nitrogens with one attached hydrogen (secondary N) is 1. The van der Waals surface area contributed by atoms with Gasteiger partial charge in [0.2, 0.25) is 0 Å². The van der Waals surface area contributed by atoms with Gasteiger partial charge in [-0.3, -0.25) is 4.79 Å². The van der Waals surface area contributed by atoms with Crippen molar-refractivity contribution >= 4 is 23.3 Å². The molecule has 27 heavy (non-hydrogen) atoms. The molecule has 1 heterocycles. The molecular weight excluding hydrogens is 360 g/mol. The van der Waals surface area contributed by atoms with Crippen LogP contribution in [0.25, 0.3) is 0 Å². The van der Waals surface area contributed by atoms with Gasteiger partial charge in [-0.1, -0.05) is 48.0 Å². The van der Waals surface area contributed by atoms with Crippen molar-refractivity contribution in [2.24, 2.45) is 5.92 Å². The number of anilines is 1. The first-order valence-electron chi connectivity index (χ1n) is 9.48. The minimum absolute atomic E-state index is 0.00148. The number of hydrogen-bond donors (Lipinski definition) is 1. The molecule has 0 aliphatic carbocycles. The number of benzene rings is 2. The molecule has 0 aromatic heterocycles. The summed E-state index contributed by atoms with van der Waals surface area (Å²) < 4.78 is 4.87. The van der Waals surface area contributed by atoms with E-state index in [-0.39, 0.29) is 17.9 Å². The second-order valence-corrected chi connectivity index (χ2v) is 7.49. The zero-order valence-electron chi connectivity index (χ0n) is 16.0. The third-order valence-electron chi connectivity index (χ3n) is 5.29. The Morgan fingerprint density at radius 2 is 1.93 bits per heavy atom. The zero-order chi connectivity index (χ0) is 19.2. The molecule has 2 aromatic rings. The van der Waals surface area contributed by atoms with E-state index in [2.05, 4.69) is 53.5 Å². The number of carbonyl (C=O) groups excluding carboxylic acids is 1. The summed E-state index contributed by atoms with van der Waals surface area (Å²) >= 11 is 6.46. The van der Waals surface area contributed by atoms with Gasteiger partial charge in [0.25, 0.3) is 0 Å². The van der Waals surface area contributed by atoms with Crippen LogP contribution in [-0.2, 0) is 16.1 Å². The van der Waals surface area contributed by atoms with Gasteiger partial charge in [-0.25, -0.2) is 0 Å². The van der Waals surface area contributed by atoms with Crippen LogP contribution in [0.3, 0.4) is 0 Å². The van der Waals surface area contributed by atoms with Crippen LogP contribution in [0.2, 0.25) is 5.02 Å². The van der Waals surface area contributed by atoms with Crippen LogP contribution in [0.1, 0.15) is 36.9 Å². The normalized spacial score (nSPS) is 16.2. The number of rotatable bonds is 6. The van der Waals surface area contributed by atoms with Crippen molar-refractivity contribution in [1.29, 1.82) is 0 Å². The molecule has 0 spiro atoms. The van der Waals surface area contributed by atoms with Crippen LogP contribution in [0, 0.1) is 5.92 Å². The molecule has 144 valence electrons.